The standard InChI is InChI=1S/C11H24O5Si/c1-5-13-11(12)8-10(4)14-9-17(15-6-2)16-7-3/h10,17H,5-9H2,1-4H3. The molecule has 0 aliphatic heterocycles. The van der Waals surface area contributed by atoms with Gasteiger partial charge in [0.05, 0.1) is 25.4 Å². The Bertz CT molecular complexity index is 194. The fraction of sp³-hybridized carbons (Fsp3) is 0.909. The average Bonchev–Trinajstić information content (AvgIpc) is 2.27. The van der Waals surface area contributed by atoms with E-state index < -0.39 is 9.28 Å². The molecule has 0 N–H and O–H groups in total. The van der Waals surface area contributed by atoms with Crippen molar-refractivity contribution in [3.63, 3.8) is 0 Å². The molecule has 1 atom stereocenters. The molecule has 17 heavy (non-hydrogen) atoms. The SMILES string of the molecule is CCOC(=O)CC(C)OC[SiH](OCC)OCC. The summed E-state index contributed by atoms with van der Waals surface area (Å²) < 4.78 is 21.3. The van der Waals surface area contributed by atoms with Gasteiger partial charge in [0.25, 0.3) is 0 Å². The van der Waals surface area contributed by atoms with E-state index in [1.807, 2.05) is 20.8 Å². The van der Waals surface area contributed by atoms with Crippen LogP contribution in [0.4, 0.5) is 0 Å². The summed E-state index contributed by atoms with van der Waals surface area (Å²) in [5.41, 5.74) is 0. The highest BCUT2D eigenvalue weighted by atomic mass is 28.3. The van der Waals surface area contributed by atoms with Crippen LogP contribution in [-0.4, -0.2) is 47.4 Å². The van der Waals surface area contributed by atoms with Crippen LogP contribution in [0.2, 0.25) is 0 Å². The zero-order valence-electron chi connectivity index (χ0n) is 11.2. The van der Waals surface area contributed by atoms with Gasteiger partial charge in [-0.25, -0.2) is 0 Å². The molecule has 6 heteroatoms. The van der Waals surface area contributed by atoms with Crippen molar-refractivity contribution in [2.45, 2.75) is 40.2 Å². The summed E-state index contributed by atoms with van der Waals surface area (Å²) in [7, 11) is -1.73. The first-order valence-corrected chi connectivity index (χ1v) is 7.90. The van der Waals surface area contributed by atoms with E-state index in [1.165, 1.54) is 0 Å². The highest BCUT2D eigenvalue weighted by Crippen LogP contribution is 2.01. The molecule has 0 aliphatic rings. The Morgan fingerprint density at radius 2 is 1.71 bits per heavy atom. The first kappa shape index (κ1) is 16.6. The van der Waals surface area contributed by atoms with E-state index in [4.69, 9.17) is 18.3 Å². The van der Waals surface area contributed by atoms with E-state index in [-0.39, 0.29) is 18.5 Å². The second-order valence-electron chi connectivity index (χ2n) is 3.49. The molecule has 1 unspecified atom stereocenters. The van der Waals surface area contributed by atoms with Gasteiger partial charge >= 0.3 is 15.3 Å². The van der Waals surface area contributed by atoms with Crippen molar-refractivity contribution in [2.24, 2.45) is 0 Å². The molecule has 0 saturated heterocycles. The largest absolute Gasteiger partial charge is 0.466 e. The minimum atomic E-state index is -1.73. The number of carbonyl (C=O) groups excluding carboxylic acids is 1. The Morgan fingerprint density at radius 1 is 1.12 bits per heavy atom. The maximum atomic E-state index is 11.2. The predicted molar refractivity (Wildman–Crippen MR) is 67.1 cm³/mol. The van der Waals surface area contributed by atoms with Gasteiger partial charge in [0.1, 0.15) is 0 Å². The lowest BCUT2D eigenvalue weighted by Gasteiger charge is -2.18. The molecule has 0 amide bonds. The average molecular weight is 264 g/mol. The van der Waals surface area contributed by atoms with Gasteiger partial charge in [-0.1, -0.05) is 0 Å². The molecule has 0 radical (unpaired) electrons. The van der Waals surface area contributed by atoms with Gasteiger partial charge in [0, 0.05) is 13.2 Å². The van der Waals surface area contributed by atoms with Gasteiger partial charge in [0.2, 0.25) is 0 Å². The minimum absolute atomic E-state index is 0.162. The molecule has 0 saturated carbocycles. The van der Waals surface area contributed by atoms with Gasteiger partial charge in [0.15, 0.2) is 0 Å². The van der Waals surface area contributed by atoms with Crippen LogP contribution in [0.1, 0.15) is 34.1 Å². The lowest BCUT2D eigenvalue weighted by atomic mass is 10.3. The molecule has 0 fully saturated rings. The lowest BCUT2D eigenvalue weighted by Crippen LogP contribution is -2.32. The highest BCUT2D eigenvalue weighted by Gasteiger charge is 2.16. The van der Waals surface area contributed by atoms with Crippen LogP contribution in [0.15, 0.2) is 0 Å². The van der Waals surface area contributed by atoms with Crippen molar-refractivity contribution >= 4 is 15.3 Å². The second kappa shape index (κ2) is 10.7. The first-order valence-electron chi connectivity index (χ1n) is 6.14. The van der Waals surface area contributed by atoms with E-state index in [2.05, 4.69) is 0 Å². The molecule has 0 aromatic carbocycles. The summed E-state index contributed by atoms with van der Waals surface area (Å²) in [4.78, 5) is 11.2. The minimum Gasteiger partial charge on any atom is -0.466 e. The third kappa shape index (κ3) is 9.28. The van der Waals surface area contributed by atoms with Gasteiger partial charge in [-0.05, 0) is 27.7 Å². The summed E-state index contributed by atoms with van der Waals surface area (Å²) in [6.45, 7) is 9.17. The molecule has 0 aliphatic carbocycles. The van der Waals surface area contributed by atoms with E-state index in [1.54, 1.807) is 6.92 Å². The Kier molecular flexibility index (Phi) is 10.4. The van der Waals surface area contributed by atoms with Crippen molar-refractivity contribution in [1.82, 2.24) is 0 Å². The van der Waals surface area contributed by atoms with Crippen LogP contribution in [0.5, 0.6) is 0 Å². The second-order valence-corrected chi connectivity index (χ2v) is 5.35. The maximum Gasteiger partial charge on any atom is 0.348 e. The third-order valence-electron chi connectivity index (χ3n) is 1.98. The molecule has 0 aromatic rings. The highest BCUT2D eigenvalue weighted by molar-refractivity contribution is 6.44. The molecular weight excluding hydrogens is 240 g/mol. The summed E-state index contributed by atoms with van der Waals surface area (Å²) in [6.07, 6.45) is 0.570. The van der Waals surface area contributed by atoms with E-state index >= 15 is 0 Å². The Labute approximate surface area is 105 Å². The van der Waals surface area contributed by atoms with Gasteiger partial charge in [-0.3, -0.25) is 4.79 Å². The zero-order valence-corrected chi connectivity index (χ0v) is 12.4. The molecule has 102 valence electrons. The van der Waals surface area contributed by atoms with Crippen LogP contribution >= 0.6 is 0 Å². The Hall–Kier alpha value is -0.433. The van der Waals surface area contributed by atoms with Crippen LogP contribution < -0.4 is 0 Å². The van der Waals surface area contributed by atoms with Gasteiger partial charge in [-0.15, -0.1) is 0 Å². The number of carbonyl (C=O) groups is 1. The summed E-state index contributed by atoms with van der Waals surface area (Å²) >= 11 is 0. The number of ether oxygens (including phenoxy) is 2. The molecular formula is C11H24O5Si. The normalized spacial score (nSPS) is 12.8. The van der Waals surface area contributed by atoms with Crippen LogP contribution in [0.3, 0.4) is 0 Å². The van der Waals surface area contributed by atoms with Crippen molar-refractivity contribution in [3.8, 4) is 0 Å². The molecule has 0 bridgehead atoms. The van der Waals surface area contributed by atoms with E-state index in [0.29, 0.717) is 26.1 Å². The summed E-state index contributed by atoms with van der Waals surface area (Å²) in [5.74, 6) is -0.231. The van der Waals surface area contributed by atoms with Crippen LogP contribution in [0.25, 0.3) is 0 Å². The Balaban J connectivity index is 3.78. The zero-order chi connectivity index (χ0) is 13.1. The molecule has 0 heterocycles. The fourth-order valence-electron chi connectivity index (χ4n) is 1.27. The smallest absolute Gasteiger partial charge is 0.348 e. The van der Waals surface area contributed by atoms with Gasteiger partial charge in [-0.2, -0.15) is 0 Å². The number of esters is 1. The van der Waals surface area contributed by atoms with Crippen molar-refractivity contribution < 1.29 is 23.1 Å². The molecule has 0 aromatic heterocycles. The van der Waals surface area contributed by atoms with Crippen molar-refractivity contribution in [2.75, 3.05) is 26.1 Å². The lowest BCUT2D eigenvalue weighted by molar-refractivity contribution is -0.145. The molecule has 0 spiro atoms. The summed E-state index contributed by atoms with van der Waals surface area (Å²) in [6, 6.07) is 0. The number of rotatable bonds is 10. The fourth-order valence-corrected chi connectivity index (χ4v) is 2.79. The predicted octanol–water partition coefficient (Wildman–Crippen LogP) is 1.18. The quantitative estimate of drug-likeness (QED) is 0.438. The maximum absolute atomic E-state index is 11.2. The van der Waals surface area contributed by atoms with Crippen LogP contribution in [0, 0.1) is 0 Å². The van der Waals surface area contributed by atoms with Crippen molar-refractivity contribution in [1.29, 1.82) is 0 Å². The number of hydrogen-bond acceptors (Lipinski definition) is 5. The van der Waals surface area contributed by atoms with E-state index in [0.717, 1.165) is 0 Å². The molecule has 5 nitrogen and oxygen atoms in total. The van der Waals surface area contributed by atoms with Crippen molar-refractivity contribution in [3.05, 3.63) is 0 Å². The topological polar surface area (TPSA) is 54.0 Å². The third-order valence-corrected chi connectivity index (χ3v) is 3.86. The van der Waals surface area contributed by atoms with Crippen LogP contribution in [-0.2, 0) is 23.1 Å². The number of hydrogen-bond donors (Lipinski definition) is 0. The monoisotopic (exact) mass is 264 g/mol. The molecule has 0 rings (SSSR count). The first-order chi connectivity index (χ1) is 8.13. The van der Waals surface area contributed by atoms with Gasteiger partial charge < -0.3 is 18.3 Å². The van der Waals surface area contributed by atoms with E-state index in [9.17, 15) is 4.79 Å². The Morgan fingerprint density at radius 3 is 2.18 bits per heavy atom. The summed E-state index contributed by atoms with van der Waals surface area (Å²) in [5, 5.41) is 0.